The van der Waals surface area contributed by atoms with E-state index in [-0.39, 0.29) is 0 Å². The Kier molecular flexibility index (Phi) is 2.83. The van der Waals surface area contributed by atoms with Crippen LogP contribution in [0.4, 0.5) is 0 Å². The summed E-state index contributed by atoms with van der Waals surface area (Å²) in [6, 6.07) is 6.15. The molecule has 0 unspecified atom stereocenters. The number of nitrogens with zero attached hydrogens (tertiary/aromatic N) is 4. The maximum absolute atomic E-state index is 4.61. The van der Waals surface area contributed by atoms with Crippen LogP contribution in [-0.4, -0.2) is 18.9 Å². The van der Waals surface area contributed by atoms with Crippen molar-refractivity contribution in [3.8, 4) is 0 Å². The Hall–Kier alpha value is -1.75. The van der Waals surface area contributed by atoms with Crippen molar-refractivity contribution in [1.29, 1.82) is 0 Å². The van der Waals surface area contributed by atoms with Gasteiger partial charge in [-0.05, 0) is 19.1 Å². The van der Waals surface area contributed by atoms with E-state index in [1.807, 2.05) is 36.1 Å². The topological polar surface area (TPSA) is 35.1 Å². The van der Waals surface area contributed by atoms with Gasteiger partial charge in [0, 0.05) is 37.1 Å². The van der Waals surface area contributed by atoms with E-state index in [9.17, 15) is 0 Å². The van der Waals surface area contributed by atoms with Gasteiger partial charge in [0.2, 0.25) is 0 Å². The molecule has 0 bridgehead atoms. The lowest BCUT2D eigenvalue weighted by Crippen LogP contribution is -1.89. The highest BCUT2D eigenvalue weighted by Gasteiger charge is 2.05. The van der Waals surface area contributed by atoms with E-state index >= 15 is 0 Å². The van der Waals surface area contributed by atoms with Gasteiger partial charge in [-0.25, -0.2) is 9.97 Å². The highest BCUT2D eigenvalue weighted by molar-refractivity contribution is 7.98. The average Bonchev–Trinajstić information content (AvgIpc) is 2.93. The van der Waals surface area contributed by atoms with Crippen molar-refractivity contribution in [1.82, 2.24) is 18.9 Å². The maximum Gasteiger partial charge on any atom is 0.168 e. The van der Waals surface area contributed by atoms with Gasteiger partial charge in [-0.15, -0.1) is 0 Å². The van der Waals surface area contributed by atoms with Crippen LogP contribution in [0, 0.1) is 6.92 Å². The molecular weight excluding hydrogens is 244 g/mol. The number of hydrogen-bond donors (Lipinski definition) is 0. The number of rotatable bonds is 3. The largest absolute Gasteiger partial charge is 0.329 e. The van der Waals surface area contributed by atoms with Crippen molar-refractivity contribution in [2.45, 2.75) is 17.8 Å². The first-order chi connectivity index (χ1) is 8.74. The van der Waals surface area contributed by atoms with Crippen LogP contribution in [0.5, 0.6) is 0 Å². The molecule has 3 rings (SSSR count). The van der Waals surface area contributed by atoms with Crippen LogP contribution in [0.15, 0.2) is 41.9 Å². The van der Waals surface area contributed by atoms with E-state index < -0.39 is 0 Å². The highest BCUT2D eigenvalue weighted by atomic mass is 32.2. The summed E-state index contributed by atoms with van der Waals surface area (Å²) in [6.45, 7) is 2.09. The molecule has 0 amide bonds. The van der Waals surface area contributed by atoms with Gasteiger partial charge in [-0.3, -0.25) is 0 Å². The Labute approximate surface area is 110 Å². The summed E-state index contributed by atoms with van der Waals surface area (Å²) in [7, 11) is 2.00. The minimum absolute atomic E-state index is 0.839. The summed E-state index contributed by atoms with van der Waals surface area (Å²) < 4.78 is 4.14. The van der Waals surface area contributed by atoms with Gasteiger partial charge >= 0.3 is 0 Å². The predicted octanol–water partition coefficient (Wildman–Crippen LogP) is 2.67. The molecule has 0 radical (unpaired) electrons. The Morgan fingerprint density at radius 3 is 2.94 bits per heavy atom. The Morgan fingerprint density at radius 1 is 1.33 bits per heavy atom. The normalized spacial score (nSPS) is 11.2. The van der Waals surface area contributed by atoms with Crippen molar-refractivity contribution in [3.05, 3.63) is 48.2 Å². The molecule has 3 aromatic rings. The summed E-state index contributed by atoms with van der Waals surface area (Å²) in [4.78, 5) is 8.90. The number of imidazole rings is 2. The number of aryl methyl sites for hydroxylation is 2. The molecule has 0 saturated heterocycles. The van der Waals surface area contributed by atoms with Crippen LogP contribution in [0.1, 0.15) is 11.4 Å². The summed E-state index contributed by atoms with van der Waals surface area (Å²) in [5.74, 6) is 0.839. The Balaban J connectivity index is 1.83. The van der Waals surface area contributed by atoms with Crippen LogP contribution in [0.25, 0.3) is 5.65 Å². The van der Waals surface area contributed by atoms with Gasteiger partial charge in [0.25, 0.3) is 0 Å². The molecule has 92 valence electrons. The molecule has 0 saturated carbocycles. The van der Waals surface area contributed by atoms with Crippen molar-refractivity contribution in [2.24, 2.45) is 7.05 Å². The third-order valence-electron chi connectivity index (χ3n) is 2.87. The lowest BCUT2D eigenvalue weighted by Gasteiger charge is -1.98. The second-order valence-corrected chi connectivity index (χ2v) is 5.18. The van der Waals surface area contributed by atoms with Gasteiger partial charge in [0.1, 0.15) is 5.65 Å². The monoisotopic (exact) mass is 258 g/mol. The second kappa shape index (κ2) is 4.49. The molecule has 3 heterocycles. The minimum Gasteiger partial charge on any atom is -0.329 e. The molecule has 18 heavy (non-hydrogen) atoms. The molecule has 0 aliphatic heterocycles. The molecule has 0 aromatic carbocycles. The number of aromatic nitrogens is 4. The number of thioether (sulfide) groups is 1. The van der Waals surface area contributed by atoms with E-state index in [4.69, 9.17) is 0 Å². The molecule has 0 aliphatic carbocycles. The smallest absolute Gasteiger partial charge is 0.168 e. The van der Waals surface area contributed by atoms with Crippen molar-refractivity contribution in [2.75, 3.05) is 0 Å². The first-order valence-corrected chi connectivity index (χ1v) is 6.76. The van der Waals surface area contributed by atoms with Gasteiger partial charge in [0.15, 0.2) is 5.16 Å². The molecule has 4 nitrogen and oxygen atoms in total. The van der Waals surface area contributed by atoms with Crippen molar-refractivity contribution in [3.63, 3.8) is 0 Å². The molecule has 3 aromatic heterocycles. The zero-order chi connectivity index (χ0) is 12.5. The number of pyridine rings is 1. The van der Waals surface area contributed by atoms with Gasteiger partial charge in [-0.1, -0.05) is 17.8 Å². The molecule has 0 spiro atoms. The second-order valence-electron chi connectivity index (χ2n) is 4.24. The standard InChI is InChI=1S/C13H14N4S/c1-10-4-3-5-12-15-11(8-17(10)12)9-18-13-14-6-7-16(13)2/h3-8H,9H2,1-2H3. The Bertz CT molecular complexity index is 683. The van der Waals surface area contributed by atoms with E-state index in [0.29, 0.717) is 0 Å². The minimum atomic E-state index is 0.839. The van der Waals surface area contributed by atoms with Crippen LogP contribution in [-0.2, 0) is 12.8 Å². The van der Waals surface area contributed by atoms with Gasteiger partial charge in [-0.2, -0.15) is 0 Å². The van der Waals surface area contributed by atoms with Crippen LogP contribution < -0.4 is 0 Å². The fraction of sp³-hybridized carbons (Fsp3) is 0.231. The fourth-order valence-corrected chi connectivity index (χ4v) is 2.71. The summed E-state index contributed by atoms with van der Waals surface area (Å²) in [5.41, 5.74) is 3.29. The van der Waals surface area contributed by atoms with Crippen molar-refractivity contribution < 1.29 is 0 Å². The lowest BCUT2D eigenvalue weighted by atomic mass is 10.4. The first-order valence-electron chi connectivity index (χ1n) is 5.78. The summed E-state index contributed by atoms with van der Waals surface area (Å²) in [6.07, 6.45) is 5.87. The Morgan fingerprint density at radius 2 is 2.22 bits per heavy atom. The van der Waals surface area contributed by atoms with Crippen LogP contribution in [0.2, 0.25) is 0 Å². The zero-order valence-electron chi connectivity index (χ0n) is 10.4. The predicted molar refractivity (Wildman–Crippen MR) is 72.7 cm³/mol. The number of hydrogen-bond acceptors (Lipinski definition) is 3. The van der Waals surface area contributed by atoms with Crippen molar-refractivity contribution >= 4 is 17.4 Å². The zero-order valence-corrected chi connectivity index (χ0v) is 11.2. The fourth-order valence-electron chi connectivity index (χ4n) is 1.90. The summed E-state index contributed by atoms with van der Waals surface area (Å²) in [5, 5.41) is 1.02. The molecule has 0 fully saturated rings. The molecular formula is C13H14N4S. The molecule has 0 N–H and O–H groups in total. The third kappa shape index (κ3) is 2.01. The SMILES string of the molecule is Cc1cccc2nc(CSc3nccn3C)cn12. The van der Waals surface area contributed by atoms with E-state index in [1.54, 1.807) is 11.8 Å². The summed E-state index contributed by atoms with van der Waals surface area (Å²) >= 11 is 1.70. The van der Waals surface area contributed by atoms with E-state index in [1.165, 1.54) is 5.69 Å². The molecule has 5 heteroatoms. The third-order valence-corrected chi connectivity index (χ3v) is 3.96. The van der Waals surface area contributed by atoms with Gasteiger partial charge in [0.05, 0.1) is 5.69 Å². The van der Waals surface area contributed by atoms with Gasteiger partial charge < -0.3 is 8.97 Å². The highest BCUT2D eigenvalue weighted by Crippen LogP contribution is 2.20. The van der Waals surface area contributed by atoms with Crippen LogP contribution >= 0.6 is 11.8 Å². The lowest BCUT2D eigenvalue weighted by molar-refractivity contribution is 0.789. The number of fused-ring (bicyclic) bond motifs is 1. The first kappa shape index (κ1) is 11.3. The maximum atomic E-state index is 4.61. The van der Waals surface area contributed by atoms with Crippen LogP contribution in [0.3, 0.4) is 0 Å². The molecule has 0 atom stereocenters. The quantitative estimate of drug-likeness (QED) is 0.677. The van der Waals surface area contributed by atoms with E-state index in [2.05, 4.69) is 33.6 Å². The average molecular weight is 258 g/mol. The van der Waals surface area contributed by atoms with E-state index in [0.717, 1.165) is 22.3 Å². The molecule has 0 aliphatic rings.